The van der Waals surface area contributed by atoms with E-state index in [9.17, 15) is 0 Å². The van der Waals surface area contributed by atoms with E-state index in [0.717, 1.165) is 19.3 Å². The second kappa shape index (κ2) is 8.21. The molecule has 0 aromatic carbocycles. The molecule has 0 rings (SSSR count). The van der Waals surface area contributed by atoms with Crippen LogP contribution in [0.2, 0.25) is 0 Å². The summed E-state index contributed by atoms with van der Waals surface area (Å²) in [4.78, 5) is 0. The van der Waals surface area contributed by atoms with Gasteiger partial charge in [0.2, 0.25) is 0 Å². The molecule has 0 aliphatic rings. The fourth-order valence-electron chi connectivity index (χ4n) is 0.558. The molecule has 0 spiro atoms. The third-order valence-electron chi connectivity index (χ3n) is 1.26. The molecule has 0 saturated carbocycles. The molecule has 9 heavy (non-hydrogen) atoms. The van der Waals surface area contributed by atoms with Gasteiger partial charge in [0.05, 0.1) is 0 Å². The Morgan fingerprint density at radius 3 is 2.44 bits per heavy atom. The molecule has 0 aliphatic heterocycles. The fraction of sp³-hybridized carbons (Fsp3) is 1.00. The van der Waals surface area contributed by atoms with Crippen molar-refractivity contribution in [3.05, 3.63) is 0 Å². The van der Waals surface area contributed by atoms with Gasteiger partial charge in [-0.2, -0.15) is 0 Å². The van der Waals surface area contributed by atoms with Crippen molar-refractivity contribution in [1.82, 2.24) is 0 Å². The van der Waals surface area contributed by atoms with Gasteiger partial charge in [0.15, 0.2) is 0 Å². The lowest BCUT2D eigenvalue weighted by molar-refractivity contribution is 0.279. The van der Waals surface area contributed by atoms with Crippen LogP contribution in [-0.4, -0.2) is 17.8 Å². The monoisotopic (exact) mass is 153 g/mol. The van der Waals surface area contributed by atoms with Crippen LogP contribution in [0.3, 0.4) is 0 Å². The van der Waals surface area contributed by atoms with Crippen LogP contribution in [0.1, 0.15) is 26.2 Å². The molecule has 0 aromatic rings. The molecule has 0 heterocycles. The molecule has 0 bridgehead atoms. The van der Waals surface area contributed by atoms with Gasteiger partial charge in [0.25, 0.3) is 0 Å². The van der Waals surface area contributed by atoms with Crippen LogP contribution >= 0.6 is 12.4 Å². The largest absolute Gasteiger partial charge is 0.396 e. The summed E-state index contributed by atoms with van der Waals surface area (Å²) >= 11 is 0. The van der Waals surface area contributed by atoms with Crippen LogP contribution in [-0.2, 0) is 0 Å². The van der Waals surface area contributed by atoms with E-state index in [-0.39, 0.29) is 19.0 Å². The first kappa shape index (κ1) is 11.9. The van der Waals surface area contributed by atoms with E-state index in [1.54, 1.807) is 0 Å². The Kier molecular flexibility index (Phi) is 10.9. The molecule has 1 unspecified atom stereocenters. The van der Waals surface area contributed by atoms with Crippen LogP contribution < -0.4 is 5.73 Å². The van der Waals surface area contributed by atoms with Gasteiger partial charge in [-0.05, 0) is 19.3 Å². The molecule has 3 N–H and O–H groups in total. The smallest absolute Gasteiger partial charge is 0.0431 e. The summed E-state index contributed by atoms with van der Waals surface area (Å²) in [6.45, 7) is 2.33. The number of nitrogens with two attached hydrogens (primary N) is 1. The van der Waals surface area contributed by atoms with Crippen molar-refractivity contribution in [3.8, 4) is 0 Å². The Hall–Kier alpha value is 0.210. The zero-order valence-corrected chi connectivity index (χ0v) is 6.66. The van der Waals surface area contributed by atoms with Crippen LogP contribution in [0.15, 0.2) is 0 Å². The maximum atomic E-state index is 8.36. The van der Waals surface area contributed by atoms with Crippen LogP contribution in [0.4, 0.5) is 0 Å². The third kappa shape index (κ3) is 8.21. The van der Waals surface area contributed by atoms with E-state index in [1.165, 1.54) is 0 Å². The summed E-state index contributed by atoms with van der Waals surface area (Å²) < 4.78 is 0. The van der Waals surface area contributed by atoms with Gasteiger partial charge in [-0.3, -0.25) is 0 Å². The van der Waals surface area contributed by atoms with Gasteiger partial charge in [-0.25, -0.2) is 0 Å². The lowest BCUT2D eigenvalue weighted by Gasteiger charge is -2.04. The topological polar surface area (TPSA) is 46.2 Å². The zero-order chi connectivity index (χ0) is 6.41. The first-order valence-electron chi connectivity index (χ1n) is 3.17. The minimum Gasteiger partial charge on any atom is -0.396 e. The third-order valence-corrected chi connectivity index (χ3v) is 1.26. The second-order valence-electron chi connectivity index (χ2n) is 2.03. The van der Waals surface area contributed by atoms with Crippen molar-refractivity contribution in [2.75, 3.05) is 6.61 Å². The highest BCUT2D eigenvalue weighted by Gasteiger charge is 1.95. The summed E-state index contributed by atoms with van der Waals surface area (Å²) in [5, 5.41) is 8.36. The molecular weight excluding hydrogens is 138 g/mol. The predicted octanol–water partition coefficient (Wildman–Crippen LogP) is 0.918. The van der Waals surface area contributed by atoms with Crippen molar-refractivity contribution < 1.29 is 5.11 Å². The van der Waals surface area contributed by atoms with E-state index in [2.05, 4.69) is 6.92 Å². The van der Waals surface area contributed by atoms with Crippen LogP contribution in [0.25, 0.3) is 0 Å². The van der Waals surface area contributed by atoms with Crippen molar-refractivity contribution in [3.63, 3.8) is 0 Å². The summed E-state index contributed by atoms with van der Waals surface area (Å²) in [7, 11) is 0. The van der Waals surface area contributed by atoms with E-state index < -0.39 is 0 Å². The average Bonchev–Trinajstić information content (AvgIpc) is 1.83. The van der Waals surface area contributed by atoms with Crippen LogP contribution in [0.5, 0.6) is 0 Å². The average molecular weight is 154 g/mol. The van der Waals surface area contributed by atoms with Crippen molar-refractivity contribution >= 4 is 12.4 Å². The summed E-state index contributed by atoms with van der Waals surface area (Å²) in [5.74, 6) is 0. The summed E-state index contributed by atoms with van der Waals surface area (Å²) in [6, 6.07) is 0.294. The first-order valence-corrected chi connectivity index (χ1v) is 3.17. The number of hydrogen-bond donors (Lipinski definition) is 2. The molecule has 0 amide bonds. The van der Waals surface area contributed by atoms with Crippen molar-refractivity contribution in [2.24, 2.45) is 5.73 Å². The number of rotatable bonds is 4. The van der Waals surface area contributed by atoms with E-state index in [0.29, 0.717) is 6.04 Å². The van der Waals surface area contributed by atoms with Crippen molar-refractivity contribution in [1.29, 1.82) is 0 Å². The van der Waals surface area contributed by atoms with E-state index in [4.69, 9.17) is 10.8 Å². The Bertz CT molecular complexity index is 52.3. The summed E-state index contributed by atoms with van der Waals surface area (Å²) in [5.41, 5.74) is 5.55. The highest BCUT2D eigenvalue weighted by Crippen LogP contribution is 1.95. The lowest BCUT2D eigenvalue weighted by atomic mass is 10.1. The summed E-state index contributed by atoms with van der Waals surface area (Å²) in [6.07, 6.45) is 2.81. The molecule has 1 atom stereocenters. The Morgan fingerprint density at radius 1 is 1.56 bits per heavy atom. The fourth-order valence-corrected chi connectivity index (χ4v) is 0.558. The molecule has 2 nitrogen and oxygen atoms in total. The molecule has 3 heteroatoms. The number of aliphatic hydroxyl groups is 1. The molecule has 0 aliphatic carbocycles. The highest BCUT2D eigenvalue weighted by atomic mass is 35.5. The molecular formula is C6H16ClNO. The van der Waals surface area contributed by atoms with Gasteiger partial charge >= 0.3 is 0 Å². The molecule has 0 aromatic heterocycles. The number of aliphatic hydroxyl groups excluding tert-OH is 1. The van der Waals surface area contributed by atoms with Gasteiger partial charge < -0.3 is 10.8 Å². The lowest BCUT2D eigenvalue weighted by Crippen LogP contribution is -2.18. The predicted molar refractivity (Wildman–Crippen MR) is 41.8 cm³/mol. The quantitative estimate of drug-likeness (QED) is 0.631. The second-order valence-corrected chi connectivity index (χ2v) is 2.03. The van der Waals surface area contributed by atoms with E-state index >= 15 is 0 Å². The SMILES string of the molecule is CCC(N)CCCO.Cl. The van der Waals surface area contributed by atoms with Crippen LogP contribution in [0, 0.1) is 0 Å². The highest BCUT2D eigenvalue weighted by molar-refractivity contribution is 5.85. The molecule has 58 valence electrons. The molecule has 0 saturated heterocycles. The number of hydrogen-bond acceptors (Lipinski definition) is 2. The normalized spacial score (nSPS) is 12.3. The van der Waals surface area contributed by atoms with E-state index in [1.807, 2.05) is 0 Å². The van der Waals surface area contributed by atoms with Gasteiger partial charge in [0.1, 0.15) is 0 Å². The number of halogens is 1. The maximum absolute atomic E-state index is 8.36. The van der Waals surface area contributed by atoms with Gasteiger partial charge in [-0.15, -0.1) is 12.4 Å². The Labute approximate surface area is 62.9 Å². The van der Waals surface area contributed by atoms with Gasteiger partial charge in [0, 0.05) is 12.6 Å². The maximum Gasteiger partial charge on any atom is 0.0431 e. The Morgan fingerprint density at radius 2 is 2.11 bits per heavy atom. The minimum atomic E-state index is 0. The molecule has 0 radical (unpaired) electrons. The zero-order valence-electron chi connectivity index (χ0n) is 5.84. The first-order chi connectivity index (χ1) is 3.81. The molecule has 0 fully saturated rings. The van der Waals surface area contributed by atoms with Gasteiger partial charge in [-0.1, -0.05) is 6.92 Å². The standard InChI is InChI=1S/C6H15NO.ClH/c1-2-6(7)4-3-5-8;/h6,8H,2-5,7H2,1H3;1H. The minimum absolute atomic E-state index is 0. The Balaban J connectivity index is 0. The van der Waals surface area contributed by atoms with Crippen molar-refractivity contribution in [2.45, 2.75) is 32.2 Å².